The van der Waals surface area contributed by atoms with E-state index in [-0.39, 0.29) is 6.03 Å². The Morgan fingerprint density at radius 3 is 2.48 bits per heavy atom. The highest BCUT2D eigenvalue weighted by Gasteiger charge is 2.41. The Kier molecular flexibility index (Phi) is 6.45. The van der Waals surface area contributed by atoms with Gasteiger partial charge < -0.3 is 29.6 Å². The molecule has 9 nitrogen and oxygen atoms in total. The van der Waals surface area contributed by atoms with Crippen LogP contribution in [0.15, 0.2) is 35.5 Å². The molecule has 3 aliphatic heterocycles. The third-order valence-electron chi connectivity index (χ3n) is 5.90. The summed E-state index contributed by atoms with van der Waals surface area (Å²) >= 11 is 0. The van der Waals surface area contributed by atoms with E-state index >= 15 is 0 Å². The van der Waals surface area contributed by atoms with Gasteiger partial charge in [-0.25, -0.2) is 9.59 Å². The van der Waals surface area contributed by atoms with Crippen LogP contribution in [0.2, 0.25) is 0 Å². The topological polar surface area (TPSA) is 98.4 Å². The largest absolute Gasteiger partial charge is 0.494 e. The SMILES string of the molecule is CCOc1ccc([C@H]2NC(=O)NC(CN3CCC4(CC3)OCCO4)=C2C(=O)OC)cc1. The number of amides is 2. The van der Waals surface area contributed by atoms with Crippen molar-refractivity contribution < 1.29 is 28.5 Å². The van der Waals surface area contributed by atoms with E-state index in [4.69, 9.17) is 18.9 Å². The highest BCUT2D eigenvalue weighted by atomic mass is 16.7. The lowest BCUT2D eigenvalue weighted by Gasteiger charge is -2.39. The Labute approximate surface area is 181 Å². The number of hydrogen-bond donors (Lipinski definition) is 2. The van der Waals surface area contributed by atoms with Crippen molar-refractivity contribution in [2.24, 2.45) is 0 Å². The molecule has 9 heteroatoms. The Morgan fingerprint density at radius 1 is 1.19 bits per heavy atom. The van der Waals surface area contributed by atoms with Crippen LogP contribution < -0.4 is 15.4 Å². The van der Waals surface area contributed by atoms with Gasteiger partial charge in [-0.3, -0.25) is 4.90 Å². The van der Waals surface area contributed by atoms with Crippen LogP contribution in [0.25, 0.3) is 0 Å². The molecule has 1 aromatic rings. The van der Waals surface area contributed by atoms with Gasteiger partial charge in [-0.1, -0.05) is 12.1 Å². The van der Waals surface area contributed by atoms with Crippen molar-refractivity contribution in [1.82, 2.24) is 15.5 Å². The molecule has 0 aromatic heterocycles. The molecule has 3 heterocycles. The fraction of sp³-hybridized carbons (Fsp3) is 0.545. The number of carbonyl (C=O) groups excluding carboxylic acids is 2. The molecule has 3 aliphatic rings. The highest BCUT2D eigenvalue weighted by Crippen LogP contribution is 2.33. The predicted octanol–water partition coefficient (Wildman–Crippen LogP) is 1.71. The van der Waals surface area contributed by atoms with Crippen LogP contribution in [-0.4, -0.2) is 69.3 Å². The van der Waals surface area contributed by atoms with Gasteiger partial charge in [0, 0.05) is 38.2 Å². The zero-order valence-corrected chi connectivity index (χ0v) is 17.9. The Bertz CT molecular complexity index is 837. The van der Waals surface area contributed by atoms with Gasteiger partial charge >= 0.3 is 12.0 Å². The molecule has 4 rings (SSSR count). The number of methoxy groups -OCH3 is 1. The first-order chi connectivity index (χ1) is 15.0. The first-order valence-corrected chi connectivity index (χ1v) is 10.7. The highest BCUT2D eigenvalue weighted by molar-refractivity contribution is 5.95. The van der Waals surface area contributed by atoms with E-state index in [1.54, 1.807) is 0 Å². The number of piperidine rings is 1. The molecule has 2 N–H and O–H groups in total. The maximum Gasteiger partial charge on any atom is 0.338 e. The summed E-state index contributed by atoms with van der Waals surface area (Å²) in [4.78, 5) is 27.4. The monoisotopic (exact) mass is 431 g/mol. The van der Waals surface area contributed by atoms with Crippen LogP contribution in [0, 0.1) is 0 Å². The molecule has 2 fully saturated rings. The van der Waals surface area contributed by atoms with Crippen LogP contribution in [0.4, 0.5) is 4.79 Å². The number of ether oxygens (including phenoxy) is 4. The fourth-order valence-corrected chi connectivity index (χ4v) is 4.33. The normalized spacial score (nSPS) is 23.4. The molecule has 0 saturated carbocycles. The Hall–Kier alpha value is -2.62. The van der Waals surface area contributed by atoms with E-state index in [1.165, 1.54) is 7.11 Å². The van der Waals surface area contributed by atoms with Crippen LogP contribution in [0.1, 0.15) is 31.4 Å². The van der Waals surface area contributed by atoms with Gasteiger partial charge in [0.25, 0.3) is 0 Å². The summed E-state index contributed by atoms with van der Waals surface area (Å²) in [5.41, 5.74) is 1.74. The van der Waals surface area contributed by atoms with E-state index in [0.29, 0.717) is 37.6 Å². The molecule has 2 amide bonds. The van der Waals surface area contributed by atoms with Crippen LogP contribution in [0.5, 0.6) is 5.75 Å². The Morgan fingerprint density at radius 2 is 1.87 bits per heavy atom. The van der Waals surface area contributed by atoms with E-state index in [9.17, 15) is 9.59 Å². The van der Waals surface area contributed by atoms with E-state index in [2.05, 4.69) is 15.5 Å². The molecular formula is C22H29N3O6. The minimum Gasteiger partial charge on any atom is -0.494 e. The molecular weight excluding hydrogens is 402 g/mol. The summed E-state index contributed by atoms with van der Waals surface area (Å²) in [6.07, 6.45) is 1.50. The van der Waals surface area contributed by atoms with Crippen LogP contribution in [-0.2, 0) is 19.0 Å². The fourth-order valence-electron chi connectivity index (χ4n) is 4.33. The molecule has 0 unspecified atom stereocenters. The molecule has 0 bridgehead atoms. The maximum absolute atomic E-state index is 12.7. The summed E-state index contributed by atoms with van der Waals surface area (Å²) < 4.78 is 22.1. The van der Waals surface area contributed by atoms with Crippen molar-refractivity contribution in [2.45, 2.75) is 31.6 Å². The van der Waals surface area contributed by atoms with Crippen LogP contribution >= 0.6 is 0 Å². The predicted molar refractivity (Wildman–Crippen MR) is 111 cm³/mol. The van der Waals surface area contributed by atoms with Crippen molar-refractivity contribution in [3.05, 3.63) is 41.1 Å². The van der Waals surface area contributed by atoms with E-state index in [1.807, 2.05) is 31.2 Å². The number of nitrogens with one attached hydrogen (secondary N) is 2. The number of nitrogens with zero attached hydrogens (tertiary/aromatic N) is 1. The molecule has 168 valence electrons. The Balaban J connectivity index is 1.56. The van der Waals surface area contributed by atoms with Gasteiger partial charge in [-0.15, -0.1) is 0 Å². The van der Waals surface area contributed by atoms with E-state index < -0.39 is 17.8 Å². The first kappa shape index (κ1) is 21.6. The van der Waals surface area contributed by atoms with E-state index in [0.717, 1.165) is 37.2 Å². The third kappa shape index (κ3) is 4.68. The second-order valence-electron chi connectivity index (χ2n) is 7.80. The second-order valence-corrected chi connectivity index (χ2v) is 7.80. The average Bonchev–Trinajstić information content (AvgIpc) is 3.23. The molecule has 0 aliphatic carbocycles. The smallest absolute Gasteiger partial charge is 0.338 e. The second kappa shape index (κ2) is 9.25. The number of rotatable bonds is 6. The van der Waals surface area contributed by atoms with Gasteiger partial charge in [0.05, 0.1) is 38.5 Å². The van der Waals surface area contributed by atoms with Gasteiger partial charge in [0.2, 0.25) is 0 Å². The van der Waals surface area contributed by atoms with Gasteiger partial charge in [0.15, 0.2) is 5.79 Å². The number of benzene rings is 1. The number of carbonyl (C=O) groups is 2. The molecule has 1 atom stereocenters. The summed E-state index contributed by atoms with van der Waals surface area (Å²) in [5.74, 6) is -0.218. The van der Waals surface area contributed by atoms with Crippen molar-refractivity contribution in [3.63, 3.8) is 0 Å². The molecule has 1 spiro atoms. The lowest BCUT2D eigenvalue weighted by molar-refractivity contribution is -0.184. The summed E-state index contributed by atoms with van der Waals surface area (Å²) in [5, 5.41) is 5.67. The molecule has 1 aromatic carbocycles. The molecule has 0 radical (unpaired) electrons. The molecule has 2 saturated heterocycles. The standard InChI is InChI=1S/C22H29N3O6/c1-3-29-16-6-4-15(5-7-16)19-18(20(26)28-2)17(23-21(27)24-19)14-25-10-8-22(9-11-25)30-12-13-31-22/h4-7,19H,3,8-14H2,1-2H3,(H2,23,24,27)/t19-/m1/s1. The molecule has 31 heavy (non-hydrogen) atoms. The zero-order chi connectivity index (χ0) is 21.8. The van der Waals surface area contributed by atoms with Crippen molar-refractivity contribution in [2.75, 3.05) is 46.6 Å². The van der Waals surface area contributed by atoms with Crippen LogP contribution in [0.3, 0.4) is 0 Å². The first-order valence-electron chi connectivity index (χ1n) is 10.7. The van der Waals surface area contributed by atoms with Gasteiger partial charge in [0.1, 0.15) is 5.75 Å². The number of urea groups is 1. The van der Waals surface area contributed by atoms with Gasteiger partial charge in [-0.05, 0) is 24.6 Å². The number of hydrogen-bond acceptors (Lipinski definition) is 7. The minimum absolute atomic E-state index is 0.350. The maximum atomic E-state index is 12.7. The lowest BCUT2D eigenvalue weighted by atomic mass is 9.94. The summed E-state index contributed by atoms with van der Waals surface area (Å²) in [6.45, 7) is 5.66. The minimum atomic E-state index is -0.607. The van der Waals surface area contributed by atoms with Crippen molar-refractivity contribution in [1.29, 1.82) is 0 Å². The van der Waals surface area contributed by atoms with Crippen molar-refractivity contribution in [3.8, 4) is 5.75 Å². The summed E-state index contributed by atoms with van der Waals surface area (Å²) in [7, 11) is 1.35. The van der Waals surface area contributed by atoms with Gasteiger partial charge in [-0.2, -0.15) is 0 Å². The number of esters is 1. The number of likely N-dealkylation sites (tertiary alicyclic amines) is 1. The zero-order valence-electron chi connectivity index (χ0n) is 17.9. The average molecular weight is 431 g/mol. The third-order valence-corrected chi connectivity index (χ3v) is 5.90. The summed E-state index contributed by atoms with van der Waals surface area (Å²) in [6, 6.07) is 6.39. The quantitative estimate of drug-likeness (QED) is 0.662. The lowest BCUT2D eigenvalue weighted by Crippen LogP contribution is -2.51. The van der Waals surface area contributed by atoms with Crippen molar-refractivity contribution >= 4 is 12.0 Å².